The summed E-state index contributed by atoms with van der Waals surface area (Å²) in [5.74, 6) is -0.289. The van der Waals surface area contributed by atoms with Gasteiger partial charge in [-0.15, -0.1) is 0 Å². The summed E-state index contributed by atoms with van der Waals surface area (Å²) < 4.78 is 24.9. The van der Waals surface area contributed by atoms with Gasteiger partial charge in [-0.3, -0.25) is 0 Å². The Kier molecular flexibility index (Phi) is 18.0. The second-order valence-electron chi connectivity index (χ2n) is 16.0. The Hall–Kier alpha value is -2.93. The van der Waals surface area contributed by atoms with E-state index in [0.717, 1.165) is 5.57 Å². The van der Waals surface area contributed by atoms with Crippen molar-refractivity contribution in [3.63, 3.8) is 0 Å². The number of carbonyl (C=O) groups is 1. The normalized spacial score (nSPS) is 43.5. The van der Waals surface area contributed by atoms with Crippen molar-refractivity contribution in [1.82, 2.24) is 0 Å². The first kappa shape index (κ1) is 44.8. The molecule has 10 nitrogen and oxygen atoms in total. The lowest BCUT2D eigenvalue weighted by atomic mass is 9.81. The van der Waals surface area contributed by atoms with Crippen LogP contribution in [0.15, 0.2) is 96.7 Å². The number of carbonyl (C=O) groups excluding carboxylic acids is 1. The van der Waals surface area contributed by atoms with Crippen molar-refractivity contribution >= 4 is 5.97 Å². The number of allylic oxidation sites excluding steroid dienone is 6. The number of aliphatic hydroxyl groups excluding tert-OH is 5. The maximum absolute atomic E-state index is 12.8. The summed E-state index contributed by atoms with van der Waals surface area (Å²) in [6.45, 7) is 11.8. The molecule has 4 unspecified atom stereocenters. The topological polar surface area (TPSA) is 155 Å². The SMILES string of the molecule is C/C(=C\[C@@H](C)[C@@H](C)O)[C@@H]1O[C@@H]2C=C[C@@H]1OC(=O)\C=C/C=C\C=C\[C@@H](O)[C@@H]1CC(C)C(C)[C@H](/C=C/CC3O[C@H](C[C@H](O)C3C)[C@H](O)[C@@H](O)/C=C/CC/C=C/C2)O1. The lowest BCUT2D eigenvalue weighted by Crippen LogP contribution is -2.50. The molecule has 0 aromatic heterocycles. The minimum Gasteiger partial charge on any atom is -0.452 e. The minimum atomic E-state index is -1.19. The molecular weight excluding hydrogens is 700 g/mol. The molecule has 0 amide bonds. The second kappa shape index (κ2) is 22.1. The van der Waals surface area contributed by atoms with E-state index in [1.807, 2.05) is 69.4 Å². The van der Waals surface area contributed by atoms with Gasteiger partial charge in [-0.25, -0.2) is 4.79 Å². The van der Waals surface area contributed by atoms with Crippen molar-refractivity contribution in [2.75, 3.05) is 0 Å². The van der Waals surface area contributed by atoms with E-state index in [1.54, 1.807) is 43.4 Å². The van der Waals surface area contributed by atoms with Crippen molar-refractivity contribution in [3.8, 4) is 0 Å². The molecule has 5 aliphatic rings. The Morgan fingerprint density at radius 3 is 2.24 bits per heavy atom. The van der Waals surface area contributed by atoms with Gasteiger partial charge in [0.25, 0.3) is 0 Å². The number of fused-ring (bicyclic) bond motifs is 13. The van der Waals surface area contributed by atoms with Crippen LogP contribution in [0.4, 0.5) is 0 Å². The number of rotatable bonds is 3. The molecule has 2 saturated heterocycles. The number of aliphatic hydroxyl groups is 5. The van der Waals surface area contributed by atoms with Gasteiger partial charge in [0.2, 0.25) is 0 Å². The van der Waals surface area contributed by atoms with E-state index in [0.29, 0.717) is 38.0 Å². The molecule has 6 bridgehead atoms. The Morgan fingerprint density at radius 1 is 0.727 bits per heavy atom. The third-order valence-electron chi connectivity index (χ3n) is 11.5. The third kappa shape index (κ3) is 13.6. The zero-order chi connectivity index (χ0) is 40.1. The number of esters is 1. The lowest BCUT2D eigenvalue weighted by Gasteiger charge is -2.41. The summed E-state index contributed by atoms with van der Waals surface area (Å²) >= 11 is 0. The maximum atomic E-state index is 12.8. The molecule has 306 valence electrons. The smallest absolute Gasteiger partial charge is 0.331 e. The summed E-state index contributed by atoms with van der Waals surface area (Å²) in [5.41, 5.74) is 0.857. The first-order valence-electron chi connectivity index (χ1n) is 20.2. The van der Waals surface area contributed by atoms with Gasteiger partial charge in [0.1, 0.15) is 18.3 Å². The first-order valence-corrected chi connectivity index (χ1v) is 20.2. The molecule has 5 heterocycles. The molecule has 2 fully saturated rings. The Bertz CT molecular complexity index is 1440. The molecule has 5 N–H and O–H groups in total. The zero-order valence-electron chi connectivity index (χ0n) is 33.4. The van der Waals surface area contributed by atoms with Crippen LogP contribution in [0.25, 0.3) is 0 Å². The summed E-state index contributed by atoms with van der Waals surface area (Å²) in [7, 11) is 0. The molecule has 5 rings (SSSR count). The van der Waals surface area contributed by atoms with Gasteiger partial charge in [0.05, 0.1) is 48.8 Å². The molecule has 10 heteroatoms. The van der Waals surface area contributed by atoms with Crippen molar-refractivity contribution in [2.24, 2.45) is 23.7 Å². The maximum Gasteiger partial charge on any atom is 0.331 e. The zero-order valence-corrected chi connectivity index (χ0v) is 33.4. The number of hydrogen-bond donors (Lipinski definition) is 5. The van der Waals surface area contributed by atoms with Gasteiger partial charge in [0.15, 0.2) is 6.10 Å². The monoisotopic (exact) mass is 766 g/mol. The molecular formula is C45H66O10. The highest BCUT2D eigenvalue weighted by molar-refractivity contribution is 5.82. The van der Waals surface area contributed by atoms with Gasteiger partial charge in [-0.1, -0.05) is 107 Å². The Morgan fingerprint density at radius 2 is 1.47 bits per heavy atom. The van der Waals surface area contributed by atoms with Crippen LogP contribution in [0.5, 0.6) is 0 Å². The number of ether oxygens (including phenoxy) is 4. The van der Waals surface area contributed by atoms with Crippen LogP contribution in [0.3, 0.4) is 0 Å². The second-order valence-corrected chi connectivity index (χ2v) is 16.0. The summed E-state index contributed by atoms with van der Waals surface area (Å²) in [4.78, 5) is 12.8. The largest absolute Gasteiger partial charge is 0.452 e. The van der Waals surface area contributed by atoms with Crippen molar-refractivity contribution in [1.29, 1.82) is 0 Å². The van der Waals surface area contributed by atoms with E-state index in [1.165, 1.54) is 6.08 Å². The highest BCUT2D eigenvalue weighted by Gasteiger charge is 2.40. The predicted molar refractivity (Wildman–Crippen MR) is 214 cm³/mol. The van der Waals surface area contributed by atoms with Crippen LogP contribution in [-0.4, -0.2) is 105 Å². The van der Waals surface area contributed by atoms with Gasteiger partial charge in [-0.2, -0.15) is 0 Å². The van der Waals surface area contributed by atoms with Crippen LogP contribution < -0.4 is 0 Å². The molecule has 0 aromatic carbocycles. The van der Waals surface area contributed by atoms with Crippen molar-refractivity contribution in [2.45, 2.75) is 153 Å². The van der Waals surface area contributed by atoms with Crippen LogP contribution in [0.1, 0.15) is 80.1 Å². The Balaban J connectivity index is 1.52. The molecule has 0 spiro atoms. The van der Waals surface area contributed by atoms with Crippen LogP contribution >= 0.6 is 0 Å². The molecule has 16 atom stereocenters. The van der Waals surface area contributed by atoms with Gasteiger partial charge < -0.3 is 44.5 Å². The molecule has 0 saturated carbocycles. The van der Waals surface area contributed by atoms with Crippen LogP contribution in [-0.2, 0) is 23.7 Å². The molecule has 55 heavy (non-hydrogen) atoms. The van der Waals surface area contributed by atoms with Crippen LogP contribution in [0.2, 0.25) is 0 Å². The van der Waals surface area contributed by atoms with Crippen LogP contribution in [0, 0.1) is 23.7 Å². The molecule has 5 aliphatic heterocycles. The number of hydrogen-bond acceptors (Lipinski definition) is 10. The van der Waals surface area contributed by atoms with E-state index < -0.39 is 60.9 Å². The van der Waals surface area contributed by atoms with E-state index in [-0.39, 0.29) is 42.5 Å². The fourth-order valence-corrected chi connectivity index (χ4v) is 7.41. The van der Waals surface area contributed by atoms with E-state index in [2.05, 4.69) is 13.8 Å². The predicted octanol–water partition coefficient (Wildman–Crippen LogP) is 5.76. The molecule has 0 radical (unpaired) electrons. The highest BCUT2D eigenvalue weighted by Crippen LogP contribution is 2.34. The fraction of sp³-hybridized carbons (Fsp3) is 0.622. The molecule has 0 aromatic rings. The van der Waals surface area contributed by atoms with E-state index in [4.69, 9.17) is 18.9 Å². The third-order valence-corrected chi connectivity index (χ3v) is 11.5. The summed E-state index contributed by atoms with van der Waals surface area (Å²) in [6, 6.07) is 0. The fourth-order valence-electron chi connectivity index (χ4n) is 7.41. The Labute approximate surface area is 328 Å². The van der Waals surface area contributed by atoms with Gasteiger partial charge >= 0.3 is 5.97 Å². The van der Waals surface area contributed by atoms with E-state index >= 15 is 0 Å². The van der Waals surface area contributed by atoms with Crippen molar-refractivity contribution < 1.29 is 49.3 Å². The highest BCUT2D eigenvalue weighted by atomic mass is 16.6. The summed E-state index contributed by atoms with van der Waals surface area (Å²) in [5, 5.41) is 53.8. The first-order chi connectivity index (χ1) is 26.2. The summed E-state index contributed by atoms with van der Waals surface area (Å²) in [6.07, 6.45) is 22.8. The quantitative estimate of drug-likeness (QED) is 0.177. The van der Waals surface area contributed by atoms with E-state index in [9.17, 15) is 30.3 Å². The van der Waals surface area contributed by atoms with Gasteiger partial charge in [-0.05, 0) is 69.4 Å². The minimum absolute atomic E-state index is 0.118. The lowest BCUT2D eigenvalue weighted by molar-refractivity contribution is -0.175. The average molecular weight is 767 g/mol. The molecule has 0 aliphatic carbocycles. The van der Waals surface area contributed by atoms with Gasteiger partial charge in [0, 0.05) is 24.3 Å². The van der Waals surface area contributed by atoms with Crippen molar-refractivity contribution in [3.05, 3.63) is 96.7 Å². The average Bonchev–Trinajstić information content (AvgIpc) is 3.15. The standard InChI is InChI=1S/C45H66O10/c1-28-26-41-35(47)18-13-10-11-15-22-43(50)55-40-24-23-34(52-45(40)30(3)25-29(2)33(6)46)17-12-8-7-9-14-19-36(48)44(51)42-27-37(49)32(5)39(54-42)21-16-20-38(53-41)31(28)4/h8,10-16,18-20,22-25,28-29,31-42,44-49,51H,7,9,17,21,26-27H2,1-6H3/b11-10-,12-8+,18-13+,19-14+,20-16+,22-15-,30-25+/t28?,29-,31?,32?,33-,34+,35-,36+,37+,38+,39?,40+,41+,42-,44-,45+/m1/s1.